The second-order valence-electron chi connectivity index (χ2n) is 10.3. The highest BCUT2D eigenvalue weighted by molar-refractivity contribution is 6.24. The summed E-state index contributed by atoms with van der Waals surface area (Å²) in [7, 11) is 3.85. The number of rotatable bonds is 7. The summed E-state index contributed by atoms with van der Waals surface area (Å²) in [6.07, 6.45) is 0.787. The van der Waals surface area contributed by atoms with Gasteiger partial charge in [0, 0.05) is 32.2 Å². The molecule has 196 valence electrons. The zero-order valence-electron chi connectivity index (χ0n) is 21.6. The number of hydrogen-bond acceptors (Lipinski definition) is 6. The van der Waals surface area contributed by atoms with E-state index in [9.17, 15) is 24.6 Å². The summed E-state index contributed by atoms with van der Waals surface area (Å²) >= 11 is 0. The lowest BCUT2D eigenvalue weighted by molar-refractivity contribution is -0.148. The number of hydrogen-bond donors (Lipinski definition) is 3. The monoisotopic (exact) mass is 513 g/mol. The van der Waals surface area contributed by atoms with E-state index in [1.54, 1.807) is 24.3 Å². The first kappa shape index (κ1) is 25.5. The zero-order valence-corrected chi connectivity index (χ0v) is 21.6. The first-order valence-electron chi connectivity index (χ1n) is 12.7. The Morgan fingerprint density at radius 2 is 1.53 bits per heavy atom. The van der Waals surface area contributed by atoms with E-state index in [-0.39, 0.29) is 12.2 Å². The van der Waals surface area contributed by atoms with Crippen LogP contribution in [0.1, 0.15) is 29.7 Å². The van der Waals surface area contributed by atoms with Crippen LogP contribution in [0.25, 0.3) is 0 Å². The van der Waals surface area contributed by atoms with E-state index in [4.69, 9.17) is 0 Å². The molecule has 2 amide bonds. The number of fused-ring (bicyclic) bond motifs is 1. The first-order valence-corrected chi connectivity index (χ1v) is 12.7. The van der Waals surface area contributed by atoms with Gasteiger partial charge in [-0.3, -0.25) is 19.7 Å². The van der Waals surface area contributed by atoms with Gasteiger partial charge in [0.2, 0.25) is 11.8 Å². The molecule has 0 radical (unpaired) electrons. The SMILES string of the molecule is CCc1ccc(N2C(=O)C3C(c4ccc(N(C)C)cc4)NC(Cc4ccc(O)cc4)(C(=O)O)C3C2=O)cc1. The molecule has 0 saturated carbocycles. The minimum atomic E-state index is -1.72. The number of nitrogens with zero attached hydrogens (tertiary/aromatic N) is 2. The molecule has 5 rings (SSSR count). The fourth-order valence-corrected chi connectivity index (χ4v) is 5.78. The van der Waals surface area contributed by atoms with Crippen molar-refractivity contribution in [3.05, 3.63) is 89.5 Å². The van der Waals surface area contributed by atoms with E-state index in [1.807, 2.05) is 62.3 Å². The van der Waals surface area contributed by atoms with Crippen LogP contribution in [0.5, 0.6) is 5.75 Å². The van der Waals surface area contributed by atoms with Crippen LogP contribution < -0.4 is 15.1 Å². The molecule has 3 aromatic carbocycles. The lowest BCUT2D eigenvalue weighted by Crippen LogP contribution is -2.57. The maximum absolute atomic E-state index is 14.0. The first-order chi connectivity index (χ1) is 18.2. The Kier molecular flexibility index (Phi) is 6.44. The van der Waals surface area contributed by atoms with Crippen molar-refractivity contribution >= 4 is 29.2 Å². The molecule has 3 aromatic rings. The highest BCUT2D eigenvalue weighted by Gasteiger charge is 2.68. The third kappa shape index (κ3) is 4.11. The smallest absolute Gasteiger partial charge is 0.325 e. The molecule has 2 aliphatic heterocycles. The molecule has 0 aromatic heterocycles. The average molecular weight is 514 g/mol. The predicted molar refractivity (Wildman–Crippen MR) is 144 cm³/mol. The number of amides is 2. The van der Waals surface area contributed by atoms with E-state index in [0.29, 0.717) is 11.3 Å². The van der Waals surface area contributed by atoms with E-state index < -0.39 is 41.2 Å². The number of phenolic OH excluding ortho intramolecular Hbond substituents is 1. The van der Waals surface area contributed by atoms with Crippen LogP contribution in [-0.4, -0.2) is 47.6 Å². The standard InChI is InChI=1S/C30H31N3O5/c1-4-18-5-11-22(12-6-18)33-27(35)24-25(28(33)36)30(29(37)38,17-19-7-15-23(34)16-8-19)31-26(24)20-9-13-21(14-10-20)32(2)3/h5-16,24-26,31,34H,4,17H2,1-3H3,(H,37,38). The highest BCUT2D eigenvalue weighted by Crippen LogP contribution is 2.51. The second-order valence-corrected chi connectivity index (χ2v) is 10.3. The lowest BCUT2D eigenvalue weighted by Gasteiger charge is -2.31. The van der Waals surface area contributed by atoms with Crippen LogP contribution in [0, 0.1) is 11.8 Å². The van der Waals surface area contributed by atoms with Crippen molar-refractivity contribution in [1.29, 1.82) is 0 Å². The fraction of sp³-hybridized carbons (Fsp3) is 0.300. The molecule has 2 heterocycles. The van der Waals surface area contributed by atoms with Crippen molar-refractivity contribution in [2.75, 3.05) is 23.9 Å². The van der Waals surface area contributed by atoms with Gasteiger partial charge >= 0.3 is 5.97 Å². The summed E-state index contributed by atoms with van der Waals surface area (Å²) in [4.78, 5) is 44.1. The maximum atomic E-state index is 14.0. The molecule has 0 spiro atoms. The molecule has 38 heavy (non-hydrogen) atoms. The molecular formula is C30H31N3O5. The van der Waals surface area contributed by atoms with Crippen molar-refractivity contribution in [2.24, 2.45) is 11.8 Å². The van der Waals surface area contributed by atoms with Crippen molar-refractivity contribution in [3.8, 4) is 5.75 Å². The van der Waals surface area contributed by atoms with Crippen molar-refractivity contribution in [2.45, 2.75) is 31.3 Å². The van der Waals surface area contributed by atoms with Gasteiger partial charge in [0.15, 0.2) is 0 Å². The number of phenols is 1. The number of aryl methyl sites for hydroxylation is 1. The fourth-order valence-electron chi connectivity index (χ4n) is 5.78. The topological polar surface area (TPSA) is 110 Å². The Morgan fingerprint density at radius 3 is 2.08 bits per heavy atom. The molecule has 2 saturated heterocycles. The van der Waals surface area contributed by atoms with E-state index in [0.717, 1.165) is 28.1 Å². The summed E-state index contributed by atoms with van der Waals surface area (Å²) in [5.74, 6) is -4.09. The predicted octanol–water partition coefficient (Wildman–Crippen LogP) is 3.54. The summed E-state index contributed by atoms with van der Waals surface area (Å²) in [5, 5.41) is 23.6. The number of carbonyl (C=O) groups excluding carboxylic acids is 2. The molecule has 0 aliphatic carbocycles. The molecule has 4 atom stereocenters. The summed E-state index contributed by atoms with van der Waals surface area (Å²) in [6, 6.07) is 20.4. The van der Waals surface area contributed by atoms with Gasteiger partial charge in [-0.2, -0.15) is 0 Å². The van der Waals surface area contributed by atoms with Gasteiger partial charge < -0.3 is 15.1 Å². The van der Waals surface area contributed by atoms with Crippen LogP contribution in [0.15, 0.2) is 72.8 Å². The summed E-state index contributed by atoms with van der Waals surface area (Å²) < 4.78 is 0. The maximum Gasteiger partial charge on any atom is 0.325 e. The Balaban J connectivity index is 1.62. The average Bonchev–Trinajstić information content (AvgIpc) is 3.39. The van der Waals surface area contributed by atoms with E-state index in [2.05, 4.69) is 5.32 Å². The summed E-state index contributed by atoms with van der Waals surface area (Å²) in [5.41, 5.74) is 2.12. The van der Waals surface area contributed by atoms with Gasteiger partial charge in [-0.1, -0.05) is 43.3 Å². The van der Waals surface area contributed by atoms with Crippen LogP contribution in [0.4, 0.5) is 11.4 Å². The molecule has 2 fully saturated rings. The largest absolute Gasteiger partial charge is 0.508 e. The van der Waals surface area contributed by atoms with E-state index >= 15 is 0 Å². The van der Waals surface area contributed by atoms with Gasteiger partial charge in [0.1, 0.15) is 11.3 Å². The molecule has 0 bridgehead atoms. The van der Waals surface area contributed by atoms with Crippen LogP contribution >= 0.6 is 0 Å². The lowest BCUT2D eigenvalue weighted by atomic mass is 9.76. The third-order valence-electron chi connectivity index (χ3n) is 7.83. The summed E-state index contributed by atoms with van der Waals surface area (Å²) in [6.45, 7) is 2.02. The van der Waals surface area contributed by atoms with Gasteiger partial charge in [-0.25, -0.2) is 4.90 Å². The normalized spacial score (nSPS) is 24.5. The number of anilines is 2. The van der Waals surface area contributed by atoms with Gasteiger partial charge in [0.25, 0.3) is 0 Å². The Morgan fingerprint density at radius 1 is 0.921 bits per heavy atom. The third-order valence-corrected chi connectivity index (χ3v) is 7.83. The molecule has 8 nitrogen and oxygen atoms in total. The molecule has 4 unspecified atom stereocenters. The molecule has 8 heteroatoms. The Labute approximate surface area is 221 Å². The number of nitrogens with one attached hydrogen (secondary N) is 1. The number of aliphatic carboxylic acids is 1. The minimum Gasteiger partial charge on any atom is -0.508 e. The van der Waals surface area contributed by atoms with Crippen molar-refractivity contribution in [1.82, 2.24) is 5.32 Å². The Hall–Kier alpha value is -4.17. The van der Waals surface area contributed by atoms with Crippen molar-refractivity contribution < 1.29 is 24.6 Å². The highest BCUT2D eigenvalue weighted by atomic mass is 16.4. The number of aromatic hydroxyl groups is 1. The Bertz CT molecular complexity index is 1370. The molecule has 3 N–H and O–H groups in total. The van der Waals surface area contributed by atoms with E-state index in [1.165, 1.54) is 12.1 Å². The van der Waals surface area contributed by atoms with Crippen LogP contribution in [-0.2, 0) is 27.2 Å². The molecule has 2 aliphatic rings. The van der Waals surface area contributed by atoms with Crippen LogP contribution in [0.3, 0.4) is 0 Å². The number of benzene rings is 3. The number of imide groups is 1. The second kappa shape index (κ2) is 9.61. The van der Waals surface area contributed by atoms with Crippen molar-refractivity contribution in [3.63, 3.8) is 0 Å². The number of carbonyl (C=O) groups is 3. The zero-order chi connectivity index (χ0) is 27.2. The number of carboxylic acids is 1. The number of carboxylic acid groups (broad SMARTS) is 1. The quantitative estimate of drug-likeness (QED) is 0.415. The van der Waals surface area contributed by atoms with Gasteiger partial charge in [-0.05, 0) is 59.5 Å². The van der Waals surface area contributed by atoms with Gasteiger partial charge in [0.05, 0.1) is 17.5 Å². The minimum absolute atomic E-state index is 0.0301. The van der Waals surface area contributed by atoms with Gasteiger partial charge in [-0.15, -0.1) is 0 Å². The van der Waals surface area contributed by atoms with Crippen LogP contribution in [0.2, 0.25) is 0 Å². The molecular weight excluding hydrogens is 482 g/mol.